The number of carbonyl (C=O) groups excluding carboxylic acids is 1. The molecule has 0 aliphatic carbocycles. The Balaban J connectivity index is 1.20. The first-order valence-corrected chi connectivity index (χ1v) is 11.7. The minimum Gasteiger partial charge on any atom is -0.372 e. The molecule has 2 fully saturated rings. The summed E-state index contributed by atoms with van der Waals surface area (Å²) < 4.78 is 13.1. The Kier molecular flexibility index (Phi) is 7.40. The molecule has 1 amide bonds. The van der Waals surface area contributed by atoms with Crippen molar-refractivity contribution in [3.8, 4) is 0 Å². The van der Waals surface area contributed by atoms with Gasteiger partial charge in [-0.3, -0.25) is 4.79 Å². The van der Waals surface area contributed by atoms with E-state index in [1.165, 1.54) is 24.3 Å². The highest BCUT2D eigenvalue weighted by atomic mass is 19.1. The number of amides is 1. The van der Waals surface area contributed by atoms with Crippen LogP contribution >= 0.6 is 0 Å². The van der Waals surface area contributed by atoms with Crippen molar-refractivity contribution in [3.05, 3.63) is 72.3 Å². The van der Waals surface area contributed by atoms with Gasteiger partial charge in [-0.05, 0) is 61.4 Å². The van der Waals surface area contributed by atoms with Gasteiger partial charge in [-0.1, -0.05) is 24.8 Å². The summed E-state index contributed by atoms with van der Waals surface area (Å²) >= 11 is 0. The molecule has 1 atom stereocenters. The molecule has 4 rings (SSSR count). The Morgan fingerprint density at radius 1 is 1.03 bits per heavy atom. The zero-order valence-corrected chi connectivity index (χ0v) is 18.8. The maximum absolute atomic E-state index is 13.1. The molecule has 32 heavy (non-hydrogen) atoms. The van der Waals surface area contributed by atoms with Crippen LogP contribution < -0.4 is 4.90 Å². The number of benzene rings is 1. The Morgan fingerprint density at radius 3 is 2.53 bits per heavy atom. The molecule has 0 unspecified atom stereocenters. The first-order valence-electron chi connectivity index (χ1n) is 11.7. The van der Waals surface area contributed by atoms with E-state index in [4.69, 9.17) is 0 Å². The van der Waals surface area contributed by atoms with Crippen molar-refractivity contribution in [2.45, 2.75) is 32.1 Å². The van der Waals surface area contributed by atoms with Gasteiger partial charge in [-0.15, -0.1) is 0 Å². The van der Waals surface area contributed by atoms with Crippen LogP contribution in [0.4, 0.5) is 10.2 Å². The van der Waals surface area contributed by atoms with Gasteiger partial charge in [-0.25, -0.2) is 9.37 Å². The Labute approximate surface area is 190 Å². The number of hydrogen-bond donors (Lipinski definition) is 0. The van der Waals surface area contributed by atoms with Crippen molar-refractivity contribution in [2.75, 3.05) is 44.2 Å². The van der Waals surface area contributed by atoms with Crippen molar-refractivity contribution in [3.63, 3.8) is 0 Å². The summed E-state index contributed by atoms with van der Waals surface area (Å²) in [4.78, 5) is 23.9. The first kappa shape index (κ1) is 22.3. The number of likely N-dealkylation sites (tertiary alicyclic amines) is 1. The van der Waals surface area contributed by atoms with Crippen LogP contribution in [0.25, 0.3) is 0 Å². The molecule has 0 N–H and O–H groups in total. The Bertz CT molecular complexity index is 894. The number of piperidine rings is 1. The average Bonchev–Trinajstić information content (AvgIpc) is 2.85. The number of aromatic nitrogens is 1. The minimum absolute atomic E-state index is 0.144. The molecule has 5 nitrogen and oxygen atoms in total. The van der Waals surface area contributed by atoms with Crippen LogP contribution in [0, 0.1) is 11.7 Å². The molecule has 3 heterocycles. The summed E-state index contributed by atoms with van der Waals surface area (Å²) in [6.07, 6.45) is 6.46. The molecule has 0 saturated carbocycles. The highest BCUT2D eigenvalue weighted by molar-refractivity contribution is 5.78. The Hall–Kier alpha value is -2.89. The predicted molar refractivity (Wildman–Crippen MR) is 126 cm³/mol. The third-order valence-electron chi connectivity index (χ3n) is 6.68. The number of carbonyl (C=O) groups is 1. The fourth-order valence-corrected chi connectivity index (χ4v) is 4.74. The second kappa shape index (κ2) is 10.6. The molecule has 2 saturated heterocycles. The van der Waals surface area contributed by atoms with Crippen LogP contribution in [-0.2, 0) is 11.2 Å². The second-order valence-corrected chi connectivity index (χ2v) is 8.92. The molecular formula is C26H33FN4O. The van der Waals surface area contributed by atoms with Gasteiger partial charge < -0.3 is 14.7 Å². The number of allylic oxidation sites excluding steroid dienone is 1. The van der Waals surface area contributed by atoms with Crippen molar-refractivity contribution in [2.24, 2.45) is 5.92 Å². The van der Waals surface area contributed by atoms with Crippen molar-refractivity contribution in [1.82, 2.24) is 14.8 Å². The lowest BCUT2D eigenvalue weighted by atomic mass is 9.92. The summed E-state index contributed by atoms with van der Waals surface area (Å²) in [6, 6.07) is 12.3. The highest BCUT2D eigenvalue weighted by Gasteiger charge is 2.25. The standard InChI is InChI=1S/C26H33FN4O/c1-21(29-15-17-30(18-16-29)25-6-2-3-13-28-25)7-8-23-5-4-14-31(20-23)26(32)19-22-9-11-24(27)12-10-22/h2-3,6,9-13,23H,1,4-5,7-8,14-20H2/t23-/m1/s1. The zero-order chi connectivity index (χ0) is 22.3. The minimum atomic E-state index is -0.266. The van der Waals surface area contributed by atoms with E-state index in [0.717, 1.165) is 69.9 Å². The number of nitrogens with zero attached hydrogens (tertiary/aromatic N) is 4. The van der Waals surface area contributed by atoms with E-state index in [1.54, 1.807) is 12.1 Å². The molecule has 0 spiro atoms. The van der Waals surface area contributed by atoms with Crippen LogP contribution in [0.2, 0.25) is 0 Å². The number of halogens is 1. The summed E-state index contributed by atoms with van der Waals surface area (Å²) in [5.41, 5.74) is 2.08. The van der Waals surface area contributed by atoms with Crippen LogP contribution in [0.3, 0.4) is 0 Å². The van der Waals surface area contributed by atoms with Crippen LogP contribution in [0.1, 0.15) is 31.2 Å². The van der Waals surface area contributed by atoms with Gasteiger partial charge in [0.15, 0.2) is 0 Å². The van der Waals surface area contributed by atoms with E-state index in [-0.39, 0.29) is 11.7 Å². The summed E-state index contributed by atoms with van der Waals surface area (Å²) in [5.74, 6) is 1.45. The fourth-order valence-electron chi connectivity index (χ4n) is 4.74. The zero-order valence-electron chi connectivity index (χ0n) is 18.8. The number of pyridine rings is 1. The summed E-state index contributed by atoms with van der Waals surface area (Å²) in [7, 11) is 0. The van der Waals surface area contributed by atoms with E-state index in [9.17, 15) is 9.18 Å². The van der Waals surface area contributed by atoms with Crippen LogP contribution in [-0.4, -0.2) is 60.0 Å². The lowest BCUT2D eigenvalue weighted by Crippen LogP contribution is -2.46. The smallest absolute Gasteiger partial charge is 0.226 e. The normalized spacial score (nSPS) is 19.2. The fraction of sp³-hybridized carbons (Fsp3) is 0.462. The van der Waals surface area contributed by atoms with E-state index in [0.29, 0.717) is 12.3 Å². The summed E-state index contributed by atoms with van der Waals surface area (Å²) in [6.45, 7) is 9.88. The molecule has 0 bridgehead atoms. The molecule has 6 heteroatoms. The van der Waals surface area contributed by atoms with E-state index >= 15 is 0 Å². The van der Waals surface area contributed by atoms with E-state index < -0.39 is 0 Å². The van der Waals surface area contributed by atoms with Gasteiger partial charge in [-0.2, -0.15) is 0 Å². The largest absolute Gasteiger partial charge is 0.372 e. The third-order valence-corrected chi connectivity index (χ3v) is 6.68. The molecule has 1 aromatic heterocycles. The number of rotatable bonds is 7. The third kappa shape index (κ3) is 5.87. The number of anilines is 1. The van der Waals surface area contributed by atoms with Crippen molar-refractivity contribution >= 4 is 11.7 Å². The molecule has 2 aliphatic heterocycles. The predicted octanol–water partition coefficient (Wildman–Crippen LogP) is 4.12. The highest BCUT2D eigenvalue weighted by Crippen LogP contribution is 2.25. The monoisotopic (exact) mass is 436 g/mol. The van der Waals surface area contributed by atoms with Crippen molar-refractivity contribution in [1.29, 1.82) is 0 Å². The number of piperazine rings is 1. The van der Waals surface area contributed by atoms with Gasteiger partial charge >= 0.3 is 0 Å². The molecule has 170 valence electrons. The lowest BCUT2D eigenvalue weighted by Gasteiger charge is -2.38. The van der Waals surface area contributed by atoms with Gasteiger partial charge in [0.25, 0.3) is 0 Å². The van der Waals surface area contributed by atoms with Gasteiger partial charge in [0.05, 0.1) is 6.42 Å². The number of hydrogen-bond acceptors (Lipinski definition) is 4. The average molecular weight is 437 g/mol. The topological polar surface area (TPSA) is 39.7 Å². The molecule has 2 aliphatic rings. The van der Waals surface area contributed by atoms with Gasteiger partial charge in [0.1, 0.15) is 11.6 Å². The maximum atomic E-state index is 13.1. The maximum Gasteiger partial charge on any atom is 0.226 e. The van der Waals surface area contributed by atoms with E-state index in [2.05, 4.69) is 27.4 Å². The second-order valence-electron chi connectivity index (χ2n) is 8.92. The van der Waals surface area contributed by atoms with Crippen LogP contribution in [0.15, 0.2) is 60.9 Å². The lowest BCUT2D eigenvalue weighted by molar-refractivity contribution is -0.132. The SMILES string of the molecule is C=C(CC[C@H]1CCCN(C(=O)Cc2ccc(F)cc2)C1)N1CCN(c2ccccn2)CC1. The summed E-state index contributed by atoms with van der Waals surface area (Å²) in [5, 5.41) is 0. The first-order chi connectivity index (χ1) is 15.6. The molecule has 0 radical (unpaired) electrons. The molecule has 1 aromatic carbocycles. The molecular weight excluding hydrogens is 403 g/mol. The molecule has 2 aromatic rings. The van der Waals surface area contributed by atoms with E-state index in [1.807, 2.05) is 23.2 Å². The Morgan fingerprint density at radius 2 is 1.81 bits per heavy atom. The van der Waals surface area contributed by atoms with Crippen molar-refractivity contribution < 1.29 is 9.18 Å². The quantitative estimate of drug-likeness (QED) is 0.655. The van der Waals surface area contributed by atoms with Gasteiger partial charge in [0.2, 0.25) is 5.91 Å². The van der Waals surface area contributed by atoms with Crippen LogP contribution in [0.5, 0.6) is 0 Å². The van der Waals surface area contributed by atoms with Gasteiger partial charge in [0, 0.05) is 51.2 Å².